The minimum Gasteiger partial charge on any atom is -1.00 e. The molecule has 6 rings (SSSR count). The van der Waals surface area contributed by atoms with E-state index in [9.17, 15) is 9.59 Å². The van der Waals surface area contributed by atoms with Crippen LogP contribution < -0.4 is 17.0 Å². The summed E-state index contributed by atoms with van der Waals surface area (Å²) >= 11 is 0. The van der Waals surface area contributed by atoms with Crippen LogP contribution in [0.1, 0.15) is 124 Å². The normalized spacial score (nSPS) is 44.2. The number of halogens is 1. The van der Waals surface area contributed by atoms with Crippen LogP contribution in [0.3, 0.4) is 0 Å². The number of nitrogens with zero attached hydrogens (tertiary/aromatic N) is 2. The Morgan fingerprint density at radius 1 is 0.884 bits per heavy atom. The third-order valence-electron chi connectivity index (χ3n) is 14.1. The molecule has 2 heterocycles. The molecule has 0 aromatic carbocycles. The van der Waals surface area contributed by atoms with Gasteiger partial charge in [-0.3, -0.25) is 14.5 Å². The lowest BCUT2D eigenvalue weighted by atomic mass is 9.44. The molecule has 0 aromatic rings. The van der Waals surface area contributed by atoms with E-state index in [1.807, 2.05) is 0 Å². The van der Waals surface area contributed by atoms with E-state index in [2.05, 4.69) is 32.7 Å². The van der Waals surface area contributed by atoms with Crippen LogP contribution in [0.4, 0.5) is 0 Å². The molecule has 2 aliphatic heterocycles. The van der Waals surface area contributed by atoms with E-state index in [0.717, 1.165) is 36.3 Å². The molecular formula is C36H61BrN2O4. The summed E-state index contributed by atoms with van der Waals surface area (Å²) in [4.78, 5) is 28.0. The Kier molecular flexibility index (Phi) is 10.4. The van der Waals surface area contributed by atoms with Crippen LogP contribution in [-0.2, 0) is 19.1 Å². The second-order valence-corrected chi connectivity index (χ2v) is 16.4. The first-order chi connectivity index (χ1) is 20.1. The molecule has 246 valence electrons. The number of quaternary nitrogens is 1. The molecule has 0 spiro atoms. The highest BCUT2D eigenvalue weighted by atomic mass is 79.9. The Hall–Kier alpha value is -0.660. The van der Waals surface area contributed by atoms with E-state index in [-0.39, 0.29) is 46.5 Å². The van der Waals surface area contributed by atoms with Crippen molar-refractivity contribution in [1.82, 2.24) is 4.90 Å². The quantitative estimate of drug-likeness (QED) is 0.320. The molecule has 10 atom stereocenters. The smallest absolute Gasteiger partial charge is 0.306 e. The summed E-state index contributed by atoms with van der Waals surface area (Å²) in [5.74, 6) is 2.63. The van der Waals surface area contributed by atoms with Gasteiger partial charge in [-0.2, -0.15) is 0 Å². The summed E-state index contributed by atoms with van der Waals surface area (Å²) in [6, 6.07) is 0.797. The molecule has 43 heavy (non-hydrogen) atoms. The molecule has 6 nitrogen and oxygen atoms in total. The zero-order valence-electron chi connectivity index (χ0n) is 28.0. The van der Waals surface area contributed by atoms with Crippen LogP contribution in [0, 0.1) is 34.5 Å². The first-order valence-corrected chi connectivity index (χ1v) is 18.0. The lowest BCUT2D eigenvalue weighted by molar-refractivity contribution is -0.940. The van der Waals surface area contributed by atoms with Gasteiger partial charge < -0.3 is 30.9 Å². The molecule has 0 N–H and O–H groups in total. The van der Waals surface area contributed by atoms with Crippen LogP contribution in [-0.4, -0.2) is 78.8 Å². The zero-order valence-corrected chi connectivity index (χ0v) is 29.5. The lowest BCUT2D eigenvalue weighted by Gasteiger charge is -2.62. The molecule has 7 heteroatoms. The number of likely N-dealkylation sites (tertiary alicyclic amines) is 2. The van der Waals surface area contributed by atoms with Crippen LogP contribution >= 0.6 is 0 Å². The van der Waals surface area contributed by atoms with Crippen LogP contribution in [0.2, 0.25) is 0 Å². The summed E-state index contributed by atoms with van der Waals surface area (Å²) in [6.07, 6.45) is 17.7. The van der Waals surface area contributed by atoms with E-state index in [0.29, 0.717) is 41.7 Å². The molecule has 4 aliphatic carbocycles. The van der Waals surface area contributed by atoms with Gasteiger partial charge in [0.25, 0.3) is 0 Å². The van der Waals surface area contributed by atoms with Gasteiger partial charge >= 0.3 is 11.9 Å². The summed E-state index contributed by atoms with van der Waals surface area (Å²) in [5, 5.41) is 0. The average molecular weight is 666 g/mol. The van der Waals surface area contributed by atoms with Gasteiger partial charge in [0.1, 0.15) is 12.1 Å². The third-order valence-corrected chi connectivity index (χ3v) is 14.1. The number of rotatable bonds is 6. The number of carbonyl (C=O) groups is 2. The largest absolute Gasteiger partial charge is 1.00 e. The molecule has 6 fully saturated rings. The third kappa shape index (κ3) is 6.11. The summed E-state index contributed by atoms with van der Waals surface area (Å²) in [6.45, 7) is 13.6. The molecule has 0 radical (unpaired) electrons. The SMILES string of the molecule is CCCC(=O)OC1C([N+]2(C)CCCCC2)C[C@H]2[C@@H]3CCC4CC(OC(C)=O)C(N5CCCCC5)C[C@]4(C)[C@@H]3CC[C@]12C.[Br-]. The highest BCUT2D eigenvalue weighted by molar-refractivity contribution is 5.69. The van der Waals surface area contributed by atoms with E-state index in [1.165, 1.54) is 90.1 Å². The maximum absolute atomic E-state index is 13.1. The van der Waals surface area contributed by atoms with E-state index in [1.54, 1.807) is 6.92 Å². The molecule has 6 aliphatic rings. The van der Waals surface area contributed by atoms with Crippen LogP contribution in [0.15, 0.2) is 0 Å². The van der Waals surface area contributed by atoms with Gasteiger partial charge in [-0.15, -0.1) is 0 Å². The number of carbonyl (C=O) groups excluding carboxylic acids is 2. The molecule has 5 unspecified atom stereocenters. The first kappa shape index (κ1) is 33.7. The topological polar surface area (TPSA) is 55.8 Å². The highest BCUT2D eigenvalue weighted by Crippen LogP contribution is 2.67. The molecule has 4 saturated carbocycles. The zero-order chi connectivity index (χ0) is 29.7. The predicted octanol–water partition coefficient (Wildman–Crippen LogP) is 3.75. The van der Waals surface area contributed by atoms with Gasteiger partial charge in [0.15, 0.2) is 6.10 Å². The minimum atomic E-state index is -0.109. The van der Waals surface area contributed by atoms with Gasteiger partial charge in [-0.25, -0.2) is 0 Å². The predicted molar refractivity (Wildman–Crippen MR) is 166 cm³/mol. The molecule has 0 aromatic heterocycles. The van der Waals surface area contributed by atoms with Crippen molar-refractivity contribution in [3.63, 3.8) is 0 Å². The van der Waals surface area contributed by atoms with Crippen molar-refractivity contribution in [2.45, 2.75) is 148 Å². The van der Waals surface area contributed by atoms with Gasteiger partial charge in [-0.1, -0.05) is 27.2 Å². The number of esters is 2. The van der Waals surface area contributed by atoms with Gasteiger partial charge in [0, 0.05) is 31.2 Å². The Morgan fingerprint density at radius 3 is 2.26 bits per heavy atom. The number of hydrogen-bond donors (Lipinski definition) is 0. The summed E-state index contributed by atoms with van der Waals surface area (Å²) < 4.78 is 13.8. The number of hydrogen-bond acceptors (Lipinski definition) is 5. The number of ether oxygens (including phenoxy) is 2. The number of likely N-dealkylation sites (N-methyl/N-ethyl adjacent to an activating group) is 1. The Labute approximate surface area is 272 Å². The summed E-state index contributed by atoms with van der Waals surface area (Å²) in [5.41, 5.74) is 0.372. The van der Waals surface area contributed by atoms with E-state index >= 15 is 0 Å². The van der Waals surface area contributed by atoms with Gasteiger partial charge in [0.2, 0.25) is 0 Å². The molecule has 0 bridgehead atoms. The average Bonchev–Trinajstić information content (AvgIpc) is 3.26. The molecular weight excluding hydrogens is 604 g/mol. The number of piperidine rings is 2. The van der Waals surface area contributed by atoms with Crippen molar-refractivity contribution in [3.05, 3.63) is 0 Å². The maximum Gasteiger partial charge on any atom is 0.306 e. The van der Waals surface area contributed by atoms with Gasteiger partial charge in [0.05, 0.1) is 20.1 Å². The maximum atomic E-state index is 13.1. The van der Waals surface area contributed by atoms with Crippen LogP contribution in [0.5, 0.6) is 0 Å². The van der Waals surface area contributed by atoms with Crippen molar-refractivity contribution in [1.29, 1.82) is 0 Å². The van der Waals surface area contributed by atoms with Gasteiger partial charge in [-0.05, 0) is 119 Å². The molecule has 2 saturated heterocycles. The lowest BCUT2D eigenvalue weighted by Crippen LogP contribution is -3.00. The monoisotopic (exact) mass is 664 g/mol. The Bertz CT molecular complexity index is 996. The molecule has 0 amide bonds. The minimum absolute atomic E-state index is 0. The Morgan fingerprint density at radius 2 is 1.58 bits per heavy atom. The number of fused-ring (bicyclic) bond motifs is 5. The fraction of sp³-hybridized carbons (Fsp3) is 0.944. The van der Waals surface area contributed by atoms with Crippen molar-refractivity contribution >= 4 is 11.9 Å². The Balaban J connectivity index is 0.00000368. The highest BCUT2D eigenvalue weighted by Gasteiger charge is 2.67. The first-order valence-electron chi connectivity index (χ1n) is 18.0. The van der Waals surface area contributed by atoms with Crippen molar-refractivity contribution in [2.24, 2.45) is 34.5 Å². The second kappa shape index (κ2) is 13.2. The van der Waals surface area contributed by atoms with E-state index < -0.39 is 0 Å². The standard InChI is InChI=1S/C36H61N2O4.BrH/c1-6-13-33(40)42-34-31(38(5)20-11-8-12-21-38)23-29-27-15-14-26-22-32(41-25(2)39)30(37-18-9-7-10-19-37)24-36(26,4)28(27)16-17-35(29,34)3;/h26-32,34H,6-24H2,1-5H3;1H/q+1;/p-1/t26?,27-,28-,29+,30?,31?,32?,34?,35+,36+;/m1./s1. The fourth-order valence-electron chi connectivity index (χ4n) is 11.9. The van der Waals surface area contributed by atoms with E-state index in [4.69, 9.17) is 9.47 Å². The van der Waals surface area contributed by atoms with Crippen molar-refractivity contribution in [2.75, 3.05) is 33.2 Å². The second-order valence-electron chi connectivity index (χ2n) is 16.4. The van der Waals surface area contributed by atoms with Crippen molar-refractivity contribution < 1.29 is 40.5 Å². The summed E-state index contributed by atoms with van der Waals surface area (Å²) in [7, 11) is 2.49. The fourth-order valence-corrected chi connectivity index (χ4v) is 11.9. The van der Waals surface area contributed by atoms with Crippen LogP contribution in [0.25, 0.3) is 0 Å². The van der Waals surface area contributed by atoms with Crippen molar-refractivity contribution in [3.8, 4) is 0 Å².